The molecule has 3 nitrogen and oxygen atoms in total. The first kappa shape index (κ1) is 17.2. The average molecular weight is 296 g/mol. The highest BCUT2D eigenvalue weighted by molar-refractivity contribution is 4.92. The second-order valence-electron chi connectivity index (χ2n) is 7.28. The maximum Gasteiger partial charge on any atom is 0.0235 e. The van der Waals surface area contributed by atoms with E-state index in [4.69, 9.17) is 0 Å². The third-order valence-electron chi connectivity index (χ3n) is 5.73. The fraction of sp³-hybridized carbons (Fsp3) is 1.00. The van der Waals surface area contributed by atoms with Gasteiger partial charge in [0, 0.05) is 25.7 Å². The first-order chi connectivity index (χ1) is 10.2. The Morgan fingerprint density at radius 1 is 1.14 bits per heavy atom. The summed E-state index contributed by atoms with van der Waals surface area (Å²) in [6, 6.07) is 0.807. The molecule has 3 heteroatoms. The SMILES string of the molecule is CCCNCC1(CN2CCC(N(CC)CC)C2)CCCC1. The lowest BCUT2D eigenvalue weighted by molar-refractivity contribution is 0.154. The molecule has 0 radical (unpaired) electrons. The maximum absolute atomic E-state index is 3.71. The molecule has 1 heterocycles. The molecule has 0 spiro atoms. The zero-order chi connectivity index (χ0) is 15.1. The van der Waals surface area contributed by atoms with E-state index < -0.39 is 0 Å². The number of hydrogen-bond acceptors (Lipinski definition) is 3. The van der Waals surface area contributed by atoms with E-state index in [1.54, 1.807) is 0 Å². The van der Waals surface area contributed by atoms with E-state index >= 15 is 0 Å². The van der Waals surface area contributed by atoms with Crippen molar-refractivity contribution in [2.45, 2.75) is 65.3 Å². The molecule has 0 bridgehead atoms. The molecule has 1 N–H and O–H groups in total. The maximum atomic E-state index is 3.71. The molecule has 1 atom stereocenters. The number of likely N-dealkylation sites (tertiary alicyclic amines) is 1. The van der Waals surface area contributed by atoms with Crippen LogP contribution in [0.5, 0.6) is 0 Å². The molecule has 1 aliphatic heterocycles. The summed E-state index contributed by atoms with van der Waals surface area (Å²) in [6.07, 6.45) is 8.40. The summed E-state index contributed by atoms with van der Waals surface area (Å²) in [5, 5.41) is 3.71. The van der Waals surface area contributed by atoms with Crippen molar-refractivity contribution in [3.8, 4) is 0 Å². The van der Waals surface area contributed by atoms with E-state index in [1.165, 1.54) is 84.3 Å². The lowest BCUT2D eigenvalue weighted by Gasteiger charge is -2.34. The largest absolute Gasteiger partial charge is 0.316 e. The third-order valence-corrected chi connectivity index (χ3v) is 5.73. The second-order valence-corrected chi connectivity index (χ2v) is 7.28. The van der Waals surface area contributed by atoms with Crippen molar-refractivity contribution in [3.05, 3.63) is 0 Å². The molecule has 2 fully saturated rings. The summed E-state index contributed by atoms with van der Waals surface area (Å²) in [5.41, 5.74) is 0.577. The van der Waals surface area contributed by atoms with Gasteiger partial charge in [0.25, 0.3) is 0 Å². The molecule has 1 saturated carbocycles. The topological polar surface area (TPSA) is 18.5 Å². The minimum Gasteiger partial charge on any atom is -0.316 e. The summed E-state index contributed by atoms with van der Waals surface area (Å²) >= 11 is 0. The number of rotatable bonds is 9. The van der Waals surface area contributed by atoms with E-state index in [2.05, 4.69) is 35.9 Å². The van der Waals surface area contributed by atoms with Crippen LogP contribution in [-0.2, 0) is 0 Å². The van der Waals surface area contributed by atoms with E-state index in [9.17, 15) is 0 Å². The molecule has 0 aromatic carbocycles. The Labute approximate surface area is 132 Å². The minimum absolute atomic E-state index is 0.577. The molecule has 2 aliphatic rings. The number of hydrogen-bond donors (Lipinski definition) is 1. The van der Waals surface area contributed by atoms with Gasteiger partial charge in [-0.3, -0.25) is 4.90 Å². The summed E-state index contributed by atoms with van der Waals surface area (Å²) in [5.74, 6) is 0. The molecular weight excluding hydrogens is 258 g/mol. The highest BCUT2D eigenvalue weighted by atomic mass is 15.3. The Balaban J connectivity index is 1.84. The summed E-state index contributed by atoms with van der Waals surface area (Å²) < 4.78 is 0. The molecule has 124 valence electrons. The van der Waals surface area contributed by atoms with Crippen molar-refractivity contribution in [1.82, 2.24) is 15.1 Å². The quantitative estimate of drug-likeness (QED) is 0.660. The first-order valence-electron chi connectivity index (χ1n) is 9.40. The van der Waals surface area contributed by atoms with Crippen molar-refractivity contribution >= 4 is 0 Å². The predicted octanol–water partition coefficient (Wildman–Crippen LogP) is 2.96. The molecule has 0 aromatic rings. The van der Waals surface area contributed by atoms with Crippen molar-refractivity contribution in [3.63, 3.8) is 0 Å². The van der Waals surface area contributed by atoms with E-state index in [0.29, 0.717) is 5.41 Å². The van der Waals surface area contributed by atoms with Crippen molar-refractivity contribution in [2.24, 2.45) is 5.41 Å². The average Bonchev–Trinajstić information content (AvgIpc) is 3.12. The Kier molecular flexibility index (Phi) is 6.97. The van der Waals surface area contributed by atoms with Gasteiger partial charge in [-0.2, -0.15) is 0 Å². The zero-order valence-corrected chi connectivity index (χ0v) is 14.7. The Morgan fingerprint density at radius 2 is 1.86 bits per heavy atom. The van der Waals surface area contributed by atoms with Crippen LogP contribution in [0.2, 0.25) is 0 Å². The third kappa shape index (κ3) is 4.67. The van der Waals surface area contributed by atoms with Crippen LogP contribution >= 0.6 is 0 Å². The van der Waals surface area contributed by atoms with Gasteiger partial charge in [0.1, 0.15) is 0 Å². The summed E-state index contributed by atoms with van der Waals surface area (Å²) in [4.78, 5) is 5.42. The predicted molar refractivity (Wildman–Crippen MR) is 91.8 cm³/mol. The van der Waals surface area contributed by atoms with Crippen LogP contribution in [0.15, 0.2) is 0 Å². The number of nitrogens with one attached hydrogen (secondary N) is 1. The van der Waals surface area contributed by atoms with Crippen LogP contribution in [0.25, 0.3) is 0 Å². The van der Waals surface area contributed by atoms with E-state index in [1.807, 2.05) is 0 Å². The summed E-state index contributed by atoms with van der Waals surface area (Å²) in [7, 11) is 0. The van der Waals surface area contributed by atoms with Crippen molar-refractivity contribution in [1.29, 1.82) is 0 Å². The van der Waals surface area contributed by atoms with Crippen molar-refractivity contribution < 1.29 is 0 Å². The van der Waals surface area contributed by atoms with Gasteiger partial charge in [-0.15, -0.1) is 0 Å². The van der Waals surface area contributed by atoms with Crippen LogP contribution in [0, 0.1) is 5.41 Å². The number of nitrogens with zero attached hydrogens (tertiary/aromatic N) is 2. The monoisotopic (exact) mass is 295 g/mol. The van der Waals surface area contributed by atoms with Crippen LogP contribution in [0.1, 0.15) is 59.3 Å². The Hall–Kier alpha value is -0.120. The number of likely N-dealkylation sites (N-methyl/N-ethyl adjacent to an activating group) is 1. The fourth-order valence-corrected chi connectivity index (χ4v) is 4.51. The summed E-state index contributed by atoms with van der Waals surface area (Å²) in [6.45, 7) is 15.7. The smallest absolute Gasteiger partial charge is 0.0235 e. The zero-order valence-electron chi connectivity index (χ0n) is 14.7. The molecule has 21 heavy (non-hydrogen) atoms. The van der Waals surface area contributed by atoms with Gasteiger partial charge in [0.05, 0.1) is 0 Å². The van der Waals surface area contributed by atoms with E-state index in [0.717, 1.165) is 6.04 Å². The highest BCUT2D eigenvalue weighted by Gasteiger charge is 2.37. The van der Waals surface area contributed by atoms with E-state index in [-0.39, 0.29) is 0 Å². The van der Waals surface area contributed by atoms with Gasteiger partial charge in [-0.05, 0) is 57.3 Å². The molecular formula is C18H37N3. The van der Waals surface area contributed by atoms with Gasteiger partial charge in [-0.25, -0.2) is 0 Å². The van der Waals surface area contributed by atoms with Gasteiger partial charge in [0.2, 0.25) is 0 Å². The lowest BCUT2D eigenvalue weighted by Crippen LogP contribution is -2.43. The lowest BCUT2D eigenvalue weighted by atomic mass is 9.85. The van der Waals surface area contributed by atoms with Crippen LogP contribution < -0.4 is 5.32 Å². The molecule has 1 saturated heterocycles. The van der Waals surface area contributed by atoms with Gasteiger partial charge < -0.3 is 10.2 Å². The molecule has 2 rings (SSSR count). The van der Waals surface area contributed by atoms with Gasteiger partial charge >= 0.3 is 0 Å². The molecule has 1 unspecified atom stereocenters. The van der Waals surface area contributed by atoms with Crippen LogP contribution in [-0.4, -0.2) is 61.7 Å². The Bertz CT molecular complexity index is 282. The molecule has 0 amide bonds. The Morgan fingerprint density at radius 3 is 2.48 bits per heavy atom. The fourth-order valence-electron chi connectivity index (χ4n) is 4.51. The first-order valence-corrected chi connectivity index (χ1v) is 9.40. The molecule has 0 aromatic heterocycles. The normalized spacial score (nSPS) is 26.0. The van der Waals surface area contributed by atoms with Gasteiger partial charge in [0.15, 0.2) is 0 Å². The highest BCUT2D eigenvalue weighted by Crippen LogP contribution is 2.39. The van der Waals surface area contributed by atoms with Crippen molar-refractivity contribution in [2.75, 3.05) is 45.8 Å². The molecule has 1 aliphatic carbocycles. The van der Waals surface area contributed by atoms with Gasteiger partial charge in [-0.1, -0.05) is 33.6 Å². The minimum atomic E-state index is 0.577. The van der Waals surface area contributed by atoms with Crippen LogP contribution in [0.4, 0.5) is 0 Å². The standard InChI is InChI=1S/C18H37N3/c1-4-12-19-15-18(10-7-8-11-18)16-20-13-9-17(14-20)21(5-2)6-3/h17,19H,4-16H2,1-3H3. The second kappa shape index (κ2) is 8.50. The van der Waals surface area contributed by atoms with Crippen LogP contribution in [0.3, 0.4) is 0 Å².